The van der Waals surface area contributed by atoms with Gasteiger partial charge in [-0.3, -0.25) is 4.40 Å². The molecule has 84 valence electrons. The molecule has 0 aliphatic carbocycles. The Labute approximate surface area is 92.4 Å². The maximum atomic E-state index is 13.1. The highest BCUT2D eigenvalue weighted by molar-refractivity contribution is 5.72. The number of rotatable bonds is 2. The molecular weight excluding hydrogens is 209 g/mol. The van der Waals surface area contributed by atoms with Gasteiger partial charge in [-0.1, -0.05) is 0 Å². The van der Waals surface area contributed by atoms with Crippen molar-refractivity contribution in [3.63, 3.8) is 0 Å². The van der Waals surface area contributed by atoms with E-state index in [2.05, 4.69) is 9.98 Å². The van der Waals surface area contributed by atoms with E-state index < -0.39 is 0 Å². The summed E-state index contributed by atoms with van der Waals surface area (Å²) in [5.74, 6) is 0.297. The van der Waals surface area contributed by atoms with Crippen LogP contribution in [0, 0.1) is 5.82 Å². The molecule has 0 unspecified atom stereocenters. The highest BCUT2D eigenvalue weighted by atomic mass is 19.1. The predicted molar refractivity (Wildman–Crippen MR) is 59.0 cm³/mol. The molecule has 2 rings (SSSR count). The van der Waals surface area contributed by atoms with E-state index >= 15 is 0 Å². The molecule has 0 bridgehead atoms. The van der Waals surface area contributed by atoms with Crippen LogP contribution < -0.4 is 0 Å². The largest absolute Gasteiger partial charge is 0.484 e. The third kappa shape index (κ3) is 2.03. The first-order valence-electron chi connectivity index (χ1n) is 4.87. The molecular formula is C11H12FN3O. The number of nitrogens with zero attached hydrogens (tertiary/aromatic N) is 3. The molecule has 0 fully saturated rings. The van der Waals surface area contributed by atoms with Crippen molar-refractivity contribution in [1.82, 2.24) is 9.38 Å². The highest BCUT2D eigenvalue weighted by Gasteiger charge is 2.03. The fourth-order valence-corrected chi connectivity index (χ4v) is 1.38. The minimum Gasteiger partial charge on any atom is -0.484 e. The van der Waals surface area contributed by atoms with Gasteiger partial charge in [0.2, 0.25) is 0 Å². The van der Waals surface area contributed by atoms with Crippen LogP contribution in [0.5, 0.6) is 0 Å². The predicted octanol–water partition coefficient (Wildman–Crippen LogP) is 2.04. The van der Waals surface area contributed by atoms with Crippen molar-refractivity contribution >= 4 is 11.5 Å². The van der Waals surface area contributed by atoms with Gasteiger partial charge in [0.25, 0.3) is 0 Å². The van der Waals surface area contributed by atoms with Crippen LogP contribution in [-0.4, -0.2) is 22.4 Å². The molecule has 0 saturated carbocycles. The van der Waals surface area contributed by atoms with Crippen molar-refractivity contribution in [1.29, 1.82) is 0 Å². The number of hydrogen-bond acceptors (Lipinski definition) is 3. The van der Waals surface area contributed by atoms with E-state index in [9.17, 15) is 4.39 Å². The van der Waals surface area contributed by atoms with Gasteiger partial charge in [-0.25, -0.2) is 14.4 Å². The van der Waals surface area contributed by atoms with E-state index in [0.29, 0.717) is 18.1 Å². The van der Waals surface area contributed by atoms with Gasteiger partial charge in [-0.15, -0.1) is 0 Å². The molecule has 0 atom stereocenters. The second-order valence-corrected chi connectivity index (χ2v) is 3.36. The number of imidazole rings is 1. The Bertz CT molecular complexity index is 533. The van der Waals surface area contributed by atoms with Crippen LogP contribution in [0.25, 0.3) is 5.65 Å². The number of aliphatic imine (C=N–C) groups is 1. The lowest BCUT2D eigenvalue weighted by Gasteiger charge is -2.00. The fourth-order valence-electron chi connectivity index (χ4n) is 1.38. The minimum atomic E-state index is -0.292. The Hall–Kier alpha value is -1.91. The van der Waals surface area contributed by atoms with Crippen LogP contribution >= 0.6 is 0 Å². The van der Waals surface area contributed by atoms with E-state index in [1.807, 2.05) is 0 Å². The lowest BCUT2D eigenvalue weighted by atomic mass is 10.4. The summed E-state index contributed by atoms with van der Waals surface area (Å²) in [4.78, 5) is 8.33. The average Bonchev–Trinajstić information content (AvgIpc) is 2.68. The molecule has 2 aromatic heterocycles. The van der Waals surface area contributed by atoms with E-state index in [4.69, 9.17) is 4.74 Å². The van der Waals surface area contributed by atoms with Gasteiger partial charge in [0, 0.05) is 13.1 Å². The third-order valence-corrected chi connectivity index (χ3v) is 2.31. The zero-order valence-corrected chi connectivity index (χ0v) is 9.14. The molecule has 0 N–H and O–H groups in total. The first-order valence-corrected chi connectivity index (χ1v) is 4.87. The highest BCUT2D eigenvalue weighted by Crippen LogP contribution is 2.09. The monoisotopic (exact) mass is 221 g/mol. The second-order valence-electron chi connectivity index (χ2n) is 3.36. The van der Waals surface area contributed by atoms with E-state index in [0.717, 1.165) is 5.69 Å². The first kappa shape index (κ1) is 10.6. The van der Waals surface area contributed by atoms with Crippen molar-refractivity contribution in [2.24, 2.45) is 4.99 Å². The summed E-state index contributed by atoms with van der Waals surface area (Å²) in [6.45, 7) is 2.19. The van der Waals surface area contributed by atoms with Gasteiger partial charge in [0.1, 0.15) is 11.5 Å². The SMILES string of the molecule is CO/C(C)=N/Cc1cnc2ccc(F)cn12. The van der Waals surface area contributed by atoms with Crippen molar-refractivity contribution < 1.29 is 9.13 Å². The summed E-state index contributed by atoms with van der Waals surface area (Å²) in [6.07, 6.45) is 3.08. The molecule has 0 aliphatic rings. The third-order valence-electron chi connectivity index (χ3n) is 2.31. The molecule has 0 aliphatic heterocycles. The van der Waals surface area contributed by atoms with Crippen LogP contribution in [0.3, 0.4) is 0 Å². The number of fused-ring (bicyclic) bond motifs is 1. The van der Waals surface area contributed by atoms with Crippen LogP contribution in [-0.2, 0) is 11.3 Å². The van der Waals surface area contributed by atoms with Crippen LogP contribution in [0.15, 0.2) is 29.5 Å². The van der Waals surface area contributed by atoms with Gasteiger partial charge < -0.3 is 4.74 Å². The molecule has 0 spiro atoms. The summed E-state index contributed by atoms with van der Waals surface area (Å²) >= 11 is 0. The molecule has 0 radical (unpaired) electrons. The number of hydrogen-bond donors (Lipinski definition) is 0. The summed E-state index contributed by atoms with van der Waals surface area (Å²) < 4.78 is 19.7. The molecule has 0 aromatic carbocycles. The summed E-state index contributed by atoms with van der Waals surface area (Å²) in [5.41, 5.74) is 1.53. The molecule has 16 heavy (non-hydrogen) atoms. The van der Waals surface area contributed by atoms with Crippen LogP contribution in [0.4, 0.5) is 4.39 Å². The lowest BCUT2D eigenvalue weighted by Crippen LogP contribution is -1.97. The number of aromatic nitrogens is 2. The maximum absolute atomic E-state index is 13.1. The molecule has 2 aromatic rings. The Balaban J connectivity index is 2.34. The van der Waals surface area contributed by atoms with E-state index in [-0.39, 0.29) is 5.82 Å². The van der Waals surface area contributed by atoms with Gasteiger partial charge in [0.05, 0.1) is 25.5 Å². The quantitative estimate of drug-likeness (QED) is 0.575. The molecule has 0 saturated heterocycles. The number of pyridine rings is 1. The Morgan fingerprint density at radius 2 is 2.38 bits per heavy atom. The van der Waals surface area contributed by atoms with Gasteiger partial charge >= 0.3 is 0 Å². The molecule has 0 amide bonds. The van der Waals surface area contributed by atoms with Gasteiger partial charge in [0.15, 0.2) is 5.90 Å². The molecule has 5 heteroatoms. The minimum absolute atomic E-state index is 0.292. The zero-order chi connectivity index (χ0) is 11.5. The summed E-state index contributed by atoms with van der Waals surface area (Å²) in [5, 5.41) is 0. The topological polar surface area (TPSA) is 38.9 Å². The molecule has 2 heterocycles. The number of halogens is 1. The molecule has 4 nitrogen and oxygen atoms in total. The van der Waals surface area contributed by atoms with Gasteiger partial charge in [-0.2, -0.15) is 0 Å². The van der Waals surface area contributed by atoms with E-state index in [1.165, 1.54) is 12.3 Å². The summed E-state index contributed by atoms with van der Waals surface area (Å²) in [6, 6.07) is 3.02. The number of ether oxygens (including phenoxy) is 1. The van der Waals surface area contributed by atoms with Gasteiger partial charge in [-0.05, 0) is 12.1 Å². The van der Waals surface area contributed by atoms with Crippen molar-refractivity contribution in [2.75, 3.05) is 7.11 Å². The summed E-state index contributed by atoms with van der Waals surface area (Å²) in [7, 11) is 1.56. The fraction of sp³-hybridized carbons (Fsp3) is 0.273. The van der Waals surface area contributed by atoms with E-state index in [1.54, 1.807) is 30.7 Å². The van der Waals surface area contributed by atoms with Crippen molar-refractivity contribution in [3.8, 4) is 0 Å². The second kappa shape index (κ2) is 4.30. The first-order chi connectivity index (χ1) is 7.70. The lowest BCUT2D eigenvalue weighted by molar-refractivity contribution is 0.397. The zero-order valence-electron chi connectivity index (χ0n) is 9.14. The normalized spacial score (nSPS) is 12.1. The van der Waals surface area contributed by atoms with Crippen LogP contribution in [0.2, 0.25) is 0 Å². The standard InChI is InChI=1S/C11H12FN3O/c1-8(16-2)13-5-10-6-14-11-4-3-9(12)7-15(10)11/h3-4,6-7H,5H2,1-2H3/b13-8+. The Morgan fingerprint density at radius 1 is 1.56 bits per heavy atom. The smallest absolute Gasteiger partial charge is 0.180 e. The van der Waals surface area contributed by atoms with Crippen molar-refractivity contribution in [2.45, 2.75) is 13.5 Å². The Morgan fingerprint density at radius 3 is 3.12 bits per heavy atom. The Kier molecular flexibility index (Phi) is 2.85. The van der Waals surface area contributed by atoms with Crippen molar-refractivity contribution in [3.05, 3.63) is 36.0 Å². The maximum Gasteiger partial charge on any atom is 0.180 e. The number of methoxy groups -OCH3 is 1. The van der Waals surface area contributed by atoms with Crippen LogP contribution in [0.1, 0.15) is 12.6 Å². The average molecular weight is 221 g/mol.